The van der Waals surface area contributed by atoms with Gasteiger partial charge in [-0.25, -0.2) is 10.0 Å². The average Bonchev–Trinajstić information content (AvgIpc) is 3.76. The highest BCUT2D eigenvalue weighted by atomic mass is 16.2. The summed E-state index contributed by atoms with van der Waals surface area (Å²) in [5.74, 6) is 0.658. The van der Waals surface area contributed by atoms with Gasteiger partial charge < -0.3 is 10.6 Å². The molecule has 1 aromatic heterocycles. The number of nitrogens with zero attached hydrogens (tertiary/aromatic N) is 5. The maximum atomic E-state index is 11.6. The molecule has 38 heavy (non-hydrogen) atoms. The van der Waals surface area contributed by atoms with Crippen molar-refractivity contribution in [3.63, 3.8) is 0 Å². The summed E-state index contributed by atoms with van der Waals surface area (Å²) in [6.07, 6.45) is 10.2. The molecule has 0 unspecified atom stereocenters. The van der Waals surface area contributed by atoms with Gasteiger partial charge in [-0.2, -0.15) is 5.10 Å². The van der Waals surface area contributed by atoms with Crippen molar-refractivity contribution in [2.75, 3.05) is 13.1 Å². The molecule has 1 amide bonds. The molecule has 1 saturated carbocycles. The van der Waals surface area contributed by atoms with E-state index in [9.17, 15) is 4.79 Å². The third-order valence-electron chi connectivity index (χ3n) is 7.78. The number of hydrazone groups is 1. The SMILES string of the molecule is C=C1N=CC(c2ccc(C3=CCN(C(C)=O)CC3)cc2)=NN1/C(=C\N)C1(c2ccc3ncccc3c2)CC1. The molecule has 1 fully saturated rings. The van der Waals surface area contributed by atoms with Crippen molar-refractivity contribution in [2.45, 2.75) is 31.6 Å². The molecule has 190 valence electrons. The molecule has 2 aliphatic heterocycles. The number of carbonyl (C=O) groups is 1. The van der Waals surface area contributed by atoms with Gasteiger partial charge in [-0.15, -0.1) is 0 Å². The average molecular weight is 503 g/mol. The van der Waals surface area contributed by atoms with Crippen LogP contribution in [0, 0.1) is 0 Å². The van der Waals surface area contributed by atoms with Gasteiger partial charge in [-0.05, 0) is 54.2 Å². The van der Waals surface area contributed by atoms with Crippen molar-refractivity contribution < 1.29 is 4.79 Å². The number of nitrogens with two attached hydrogens (primary N) is 1. The van der Waals surface area contributed by atoms with Crippen LogP contribution >= 0.6 is 0 Å². The van der Waals surface area contributed by atoms with Crippen molar-refractivity contribution in [2.24, 2.45) is 15.8 Å². The Morgan fingerprint density at radius 1 is 1.11 bits per heavy atom. The maximum Gasteiger partial charge on any atom is 0.219 e. The van der Waals surface area contributed by atoms with Crippen LogP contribution in [0.15, 0.2) is 101 Å². The van der Waals surface area contributed by atoms with E-state index < -0.39 is 0 Å². The third kappa shape index (κ3) is 4.20. The first-order valence-corrected chi connectivity index (χ1v) is 12.9. The number of amides is 1. The van der Waals surface area contributed by atoms with Gasteiger partial charge >= 0.3 is 0 Å². The predicted octanol–water partition coefficient (Wildman–Crippen LogP) is 4.96. The summed E-state index contributed by atoms with van der Waals surface area (Å²) in [4.78, 5) is 22.5. The molecular weight excluding hydrogens is 472 g/mol. The molecule has 3 aliphatic rings. The van der Waals surface area contributed by atoms with Gasteiger partial charge in [0.1, 0.15) is 11.5 Å². The van der Waals surface area contributed by atoms with Gasteiger partial charge in [0, 0.05) is 48.8 Å². The Morgan fingerprint density at radius 2 is 1.89 bits per heavy atom. The molecule has 0 bridgehead atoms. The Hall–Kier alpha value is -4.52. The number of fused-ring (bicyclic) bond motifs is 1. The highest BCUT2D eigenvalue weighted by Crippen LogP contribution is 2.55. The molecule has 0 radical (unpaired) electrons. The lowest BCUT2D eigenvalue weighted by atomic mass is 9.91. The second-order valence-electron chi connectivity index (χ2n) is 10.0. The molecule has 0 saturated heterocycles. The number of rotatable bonds is 5. The van der Waals surface area contributed by atoms with Gasteiger partial charge in [0.2, 0.25) is 5.91 Å². The summed E-state index contributed by atoms with van der Waals surface area (Å²) >= 11 is 0. The molecule has 3 heterocycles. The van der Waals surface area contributed by atoms with E-state index in [0.29, 0.717) is 12.4 Å². The second kappa shape index (κ2) is 9.41. The van der Waals surface area contributed by atoms with Gasteiger partial charge in [-0.1, -0.05) is 49.1 Å². The molecule has 7 nitrogen and oxygen atoms in total. The number of benzene rings is 2. The zero-order chi connectivity index (χ0) is 26.3. The van der Waals surface area contributed by atoms with Crippen molar-refractivity contribution >= 4 is 34.3 Å². The summed E-state index contributed by atoms with van der Waals surface area (Å²) in [5.41, 5.74) is 13.2. The zero-order valence-corrected chi connectivity index (χ0v) is 21.5. The van der Waals surface area contributed by atoms with E-state index in [0.717, 1.165) is 59.2 Å². The van der Waals surface area contributed by atoms with Crippen LogP contribution in [0.1, 0.15) is 42.9 Å². The van der Waals surface area contributed by atoms with Crippen molar-refractivity contribution in [3.05, 3.63) is 108 Å². The van der Waals surface area contributed by atoms with Crippen LogP contribution in [0.25, 0.3) is 16.5 Å². The van der Waals surface area contributed by atoms with Crippen LogP contribution in [0.4, 0.5) is 0 Å². The molecule has 0 atom stereocenters. The number of aliphatic imine (C=N–C) groups is 1. The lowest BCUT2D eigenvalue weighted by molar-refractivity contribution is -0.128. The number of carbonyl (C=O) groups excluding carboxylic acids is 1. The normalized spacial score (nSPS) is 18.9. The quantitative estimate of drug-likeness (QED) is 0.534. The molecule has 2 aromatic carbocycles. The Labute approximate surface area is 222 Å². The molecule has 3 aromatic rings. The van der Waals surface area contributed by atoms with Crippen molar-refractivity contribution in [3.8, 4) is 0 Å². The summed E-state index contributed by atoms with van der Waals surface area (Å²) < 4.78 is 0. The summed E-state index contributed by atoms with van der Waals surface area (Å²) in [5, 5.41) is 7.85. The van der Waals surface area contributed by atoms with Crippen LogP contribution in [0.3, 0.4) is 0 Å². The first-order valence-electron chi connectivity index (χ1n) is 12.9. The number of pyridine rings is 1. The first kappa shape index (κ1) is 23.9. The smallest absolute Gasteiger partial charge is 0.219 e. The first-order chi connectivity index (χ1) is 18.5. The molecule has 0 spiro atoms. The number of allylic oxidation sites excluding steroid dienone is 1. The van der Waals surface area contributed by atoms with Crippen molar-refractivity contribution in [1.29, 1.82) is 0 Å². The largest absolute Gasteiger partial charge is 0.403 e. The van der Waals surface area contributed by atoms with Crippen LogP contribution in [0.2, 0.25) is 0 Å². The lowest BCUT2D eigenvalue weighted by Crippen LogP contribution is -2.32. The summed E-state index contributed by atoms with van der Waals surface area (Å²) in [7, 11) is 0. The lowest BCUT2D eigenvalue weighted by Gasteiger charge is -2.30. The standard InChI is InChI=1S/C31H30N6O/c1-21-34-20-29(25-7-5-23(6-8-25)24-11-16-36(17-12-24)22(2)38)35-37(21)30(19-32)31(13-14-31)27-9-10-28-26(18-27)4-3-15-33-28/h3-11,15,18-20H,1,12-14,16-17,32H2,2H3/b30-19-. The predicted molar refractivity (Wildman–Crippen MR) is 152 cm³/mol. The van der Waals surface area contributed by atoms with E-state index in [1.807, 2.05) is 17.2 Å². The van der Waals surface area contributed by atoms with E-state index in [1.54, 1.807) is 24.3 Å². The Balaban J connectivity index is 1.27. The monoisotopic (exact) mass is 502 g/mol. The highest BCUT2D eigenvalue weighted by molar-refractivity contribution is 6.38. The van der Waals surface area contributed by atoms with Gasteiger partial charge in [0.25, 0.3) is 0 Å². The summed E-state index contributed by atoms with van der Waals surface area (Å²) in [6.45, 7) is 7.18. The van der Waals surface area contributed by atoms with E-state index in [-0.39, 0.29) is 11.3 Å². The van der Waals surface area contributed by atoms with Crippen molar-refractivity contribution in [1.82, 2.24) is 14.9 Å². The van der Waals surface area contributed by atoms with Crippen LogP contribution < -0.4 is 5.73 Å². The molecular formula is C31H30N6O. The molecule has 1 aliphatic carbocycles. The Kier molecular flexibility index (Phi) is 5.91. The van der Waals surface area contributed by atoms with Gasteiger partial charge in [-0.3, -0.25) is 9.78 Å². The van der Waals surface area contributed by atoms with Crippen LogP contribution in [-0.4, -0.2) is 45.8 Å². The minimum atomic E-state index is -0.228. The minimum absolute atomic E-state index is 0.118. The summed E-state index contributed by atoms with van der Waals surface area (Å²) in [6, 6.07) is 18.8. The highest BCUT2D eigenvalue weighted by Gasteiger charge is 2.50. The van der Waals surface area contributed by atoms with Crippen LogP contribution in [-0.2, 0) is 10.2 Å². The topological polar surface area (TPSA) is 87.2 Å². The van der Waals surface area contributed by atoms with E-state index >= 15 is 0 Å². The minimum Gasteiger partial charge on any atom is -0.403 e. The molecule has 7 heteroatoms. The fraction of sp³-hybridized carbons (Fsp3) is 0.226. The van der Waals surface area contributed by atoms with Gasteiger partial charge in [0.05, 0.1) is 17.4 Å². The Morgan fingerprint density at radius 3 is 2.58 bits per heavy atom. The van der Waals surface area contributed by atoms with E-state index in [4.69, 9.17) is 10.8 Å². The number of aromatic nitrogens is 1. The van der Waals surface area contributed by atoms with Gasteiger partial charge in [0.15, 0.2) is 0 Å². The maximum absolute atomic E-state index is 11.6. The number of hydrogen-bond acceptors (Lipinski definition) is 6. The fourth-order valence-electron chi connectivity index (χ4n) is 5.40. The molecule has 2 N–H and O–H groups in total. The van der Waals surface area contributed by atoms with E-state index in [2.05, 4.69) is 71.2 Å². The third-order valence-corrected chi connectivity index (χ3v) is 7.78. The number of hydrogen-bond donors (Lipinski definition) is 1. The Bertz CT molecular complexity index is 1560. The fourth-order valence-corrected chi connectivity index (χ4v) is 5.40. The molecule has 6 rings (SSSR count). The second-order valence-corrected chi connectivity index (χ2v) is 10.0. The van der Waals surface area contributed by atoms with Crippen LogP contribution in [0.5, 0.6) is 0 Å². The van der Waals surface area contributed by atoms with E-state index in [1.165, 1.54) is 11.1 Å². The zero-order valence-electron chi connectivity index (χ0n) is 21.5.